The van der Waals surface area contributed by atoms with Gasteiger partial charge in [0.1, 0.15) is 5.82 Å². The Balaban J connectivity index is 3.01. The maximum absolute atomic E-state index is 13.4. The van der Waals surface area contributed by atoms with E-state index in [4.69, 9.17) is 0 Å². The maximum Gasteiger partial charge on any atom is 0.126 e. The molecule has 2 heteroatoms. The number of likely N-dealkylation sites (N-methyl/N-ethyl adjacent to an activating group) is 1. The third kappa shape index (κ3) is 2.90. The number of rotatable bonds is 4. The van der Waals surface area contributed by atoms with Crippen LogP contribution in [0.1, 0.15) is 31.0 Å². The first-order valence-corrected chi connectivity index (χ1v) is 5.21. The van der Waals surface area contributed by atoms with Crippen molar-refractivity contribution in [2.75, 3.05) is 6.54 Å². The van der Waals surface area contributed by atoms with E-state index in [-0.39, 0.29) is 11.9 Å². The molecule has 0 aliphatic rings. The molecule has 1 aromatic rings. The normalized spacial score (nSPS) is 12.5. The van der Waals surface area contributed by atoms with Crippen molar-refractivity contribution in [1.29, 1.82) is 0 Å². The van der Waals surface area contributed by atoms with Crippen molar-refractivity contribution in [3.63, 3.8) is 0 Å². The number of aryl methyl sites for hydroxylation is 1. The number of benzene rings is 1. The molecule has 0 heterocycles. The molecule has 1 aromatic carbocycles. The van der Waals surface area contributed by atoms with Gasteiger partial charge in [0, 0.05) is 0 Å². The molecule has 0 radical (unpaired) electrons. The van der Waals surface area contributed by atoms with Crippen molar-refractivity contribution < 1.29 is 4.39 Å². The third-order valence-electron chi connectivity index (χ3n) is 2.43. The molecular weight excluding hydrogens is 189 g/mol. The molecule has 1 N–H and O–H groups in total. The van der Waals surface area contributed by atoms with Crippen LogP contribution in [0.4, 0.5) is 4.39 Å². The van der Waals surface area contributed by atoms with Crippen LogP contribution in [0.15, 0.2) is 30.4 Å². The molecule has 82 valence electrons. The molecule has 0 amide bonds. The van der Waals surface area contributed by atoms with Crippen LogP contribution in [0.2, 0.25) is 0 Å². The Kier molecular flexibility index (Phi) is 4.04. The smallest absolute Gasteiger partial charge is 0.126 e. The van der Waals surface area contributed by atoms with Crippen molar-refractivity contribution >= 4 is 0 Å². The average Bonchev–Trinajstić information content (AvgIpc) is 2.18. The van der Waals surface area contributed by atoms with Gasteiger partial charge in [-0.1, -0.05) is 31.2 Å². The first kappa shape index (κ1) is 11.9. The van der Waals surface area contributed by atoms with Crippen molar-refractivity contribution in [1.82, 2.24) is 5.32 Å². The highest BCUT2D eigenvalue weighted by Crippen LogP contribution is 2.21. The van der Waals surface area contributed by atoms with Crippen LogP contribution in [0.5, 0.6) is 0 Å². The second kappa shape index (κ2) is 5.08. The highest BCUT2D eigenvalue weighted by atomic mass is 19.1. The summed E-state index contributed by atoms with van der Waals surface area (Å²) < 4.78 is 13.4. The molecule has 0 bridgehead atoms. The molecule has 1 unspecified atom stereocenters. The van der Waals surface area contributed by atoms with Crippen LogP contribution in [0.25, 0.3) is 0 Å². The van der Waals surface area contributed by atoms with Crippen molar-refractivity contribution in [3.8, 4) is 0 Å². The minimum absolute atomic E-state index is 0.0464. The Hall–Kier alpha value is -1.15. The van der Waals surface area contributed by atoms with Crippen LogP contribution in [-0.2, 0) is 0 Å². The number of halogens is 1. The van der Waals surface area contributed by atoms with Gasteiger partial charge in [0.2, 0.25) is 0 Å². The van der Waals surface area contributed by atoms with Gasteiger partial charge >= 0.3 is 0 Å². The standard InChI is InChI=1S/C13H18FN/c1-5-15-13(9(2)3)11-7-6-10(4)12(14)8-11/h6-8,13,15H,2,5H2,1,3-4H3. The summed E-state index contributed by atoms with van der Waals surface area (Å²) in [6, 6.07) is 5.38. The van der Waals surface area contributed by atoms with Gasteiger partial charge in [-0.15, -0.1) is 0 Å². The van der Waals surface area contributed by atoms with Gasteiger partial charge in [-0.25, -0.2) is 4.39 Å². The molecule has 0 aliphatic heterocycles. The summed E-state index contributed by atoms with van der Waals surface area (Å²) >= 11 is 0. The SMILES string of the molecule is C=C(C)C(NCC)c1ccc(C)c(F)c1. The van der Waals surface area contributed by atoms with E-state index in [1.54, 1.807) is 19.1 Å². The largest absolute Gasteiger partial charge is 0.307 e. The minimum atomic E-state index is -0.156. The van der Waals surface area contributed by atoms with Gasteiger partial charge in [0.05, 0.1) is 6.04 Å². The zero-order chi connectivity index (χ0) is 11.4. The van der Waals surface area contributed by atoms with Gasteiger partial charge in [-0.2, -0.15) is 0 Å². The van der Waals surface area contributed by atoms with Gasteiger partial charge in [-0.3, -0.25) is 0 Å². The van der Waals surface area contributed by atoms with E-state index in [1.165, 1.54) is 0 Å². The summed E-state index contributed by atoms with van der Waals surface area (Å²) in [5, 5.41) is 3.28. The summed E-state index contributed by atoms with van der Waals surface area (Å²) in [6.45, 7) is 10.5. The lowest BCUT2D eigenvalue weighted by Crippen LogP contribution is -2.21. The predicted octanol–water partition coefficient (Wildman–Crippen LogP) is 3.36. The monoisotopic (exact) mass is 207 g/mol. The molecule has 0 saturated carbocycles. The van der Waals surface area contributed by atoms with Crippen molar-refractivity contribution in [3.05, 3.63) is 47.3 Å². The van der Waals surface area contributed by atoms with Gasteiger partial charge in [0.15, 0.2) is 0 Å². The summed E-state index contributed by atoms with van der Waals surface area (Å²) in [4.78, 5) is 0. The Labute approximate surface area is 91.0 Å². The molecule has 0 aromatic heterocycles. The minimum Gasteiger partial charge on any atom is -0.307 e. The number of nitrogens with one attached hydrogen (secondary N) is 1. The van der Waals surface area contributed by atoms with E-state index in [0.29, 0.717) is 5.56 Å². The second-order valence-electron chi connectivity index (χ2n) is 3.85. The van der Waals surface area contributed by atoms with Crippen LogP contribution in [0.3, 0.4) is 0 Å². The first-order valence-electron chi connectivity index (χ1n) is 5.21. The van der Waals surface area contributed by atoms with Crippen molar-refractivity contribution in [2.24, 2.45) is 0 Å². The zero-order valence-electron chi connectivity index (χ0n) is 9.60. The summed E-state index contributed by atoms with van der Waals surface area (Å²) in [7, 11) is 0. The fourth-order valence-electron chi connectivity index (χ4n) is 1.57. The van der Waals surface area contributed by atoms with E-state index in [0.717, 1.165) is 17.7 Å². The van der Waals surface area contributed by atoms with Gasteiger partial charge in [-0.05, 0) is 37.6 Å². The van der Waals surface area contributed by atoms with E-state index in [2.05, 4.69) is 11.9 Å². The van der Waals surface area contributed by atoms with E-state index < -0.39 is 0 Å². The van der Waals surface area contributed by atoms with Crippen LogP contribution in [0, 0.1) is 12.7 Å². The number of hydrogen-bond donors (Lipinski definition) is 1. The Morgan fingerprint density at radius 1 is 1.53 bits per heavy atom. The van der Waals surface area contributed by atoms with Crippen LogP contribution < -0.4 is 5.32 Å². The summed E-state index contributed by atoms with van der Waals surface area (Å²) in [6.07, 6.45) is 0. The molecular formula is C13H18FN. The average molecular weight is 207 g/mol. The van der Waals surface area contributed by atoms with Crippen LogP contribution in [-0.4, -0.2) is 6.54 Å². The fourth-order valence-corrected chi connectivity index (χ4v) is 1.57. The van der Waals surface area contributed by atoms with E-state index in [1.807, 2.05) is 19.9 Å². The molecule has 0 fully saturated rings. The zero-order valence-corrected chi connectivity index (χ0v) is 9.60. The third-order valence-corrected chi connectivity index (χ3v) is 2.43. The summed E-state index contributed by atoms with van der Waals surface area (Å²) in [5.74, 6) is -0.156. The predicted molar refractivity (Wildman–Crippen MR) is 62.4 cm³/mol. The Morgan fingerprint density at radius 3 is 2.67 bits per heavy atom. The Morgan fingerprint density at radius 2 is 2.20 bits per heavy atom. The highest BCUT2D eigenvalue weighted by Gasteiger charge is 2.11. The van der Waals surface area contributed by atoms with E-state index >= 15 is 0 Å². The lowest BCUT2D eigenvalue weighted by Gasteiger charge is -2.18. The fraction of sp³-hybridized carbons (Fsp3) is 0.385. The lowest BCUT2D eigenvalue weighted by molar-refractivity contribution is 0.593. The van der Waals surface area contributed by atoms with Crippen LogP contribution >= 0.6 is 0 Å². The second-order valence-corrected chi connectivity index (χ2v) is 3.85. The highest BCUT2D eigenvalue weighted by molar-refractivity contribution is 5.30. The molecule has 1 atom stereocenters. The molecule has 1 rings (SSSR count). The maximum atomic E-state index is 13.4. The molecule has 0 aliphatic carbocycles. The quantitative estimate of drug-likeness (QED) is 0.746. The Bertz CT molecular complexity index is 358. The topological polar surface area (TPSA) is 12.0 Å². The first-order chi connectivity index (χ1) is 7.06. The van der Waals surface area contributed by atoms with E-state index in [9.17, 15) is 4.39 Å². The van der Waals surface area contributed by atoms with Gasteiger partial charge < -0.3 is 5.32 Å². The molecule has 15 heavy (non-hydrogen) atoms. The van der Waals surface area contributed by atoms with Gasteiger partial charge in [0.25, 0.3) is 0 Å². The van der Waals surface area contributed by atoms with Crippen molar-refractivity contribution in [2.45, 2.75) is 26.8 Å². The summed E-state index contributed by atoms with van der Waals surface area (Å²) in [5.41, 5.74) is 2.61. The molecule has 1 nitrogen and oxygen atoms in total. The number of hydrogen-bond acceptors (Lipinski definition) is 1. The molecule has 0 spiro atoms. The molecule has 0 saturated heterocycles. The lowest BCUT2D eigenvalue weighted by atomic mass is 9.99.